The lowest BCUT2D eigenvalue weighted by molar-refractivity contribution is 0.105. The third kappa shape index (κ3) is 14.6. The van der Waals surface area contributed by atoms with Crippen molar-refractivity contribution in [3.63, 3.8) is 0 Å². The van der Waals surface area contributed by atoms with E-state index in [0.717, 1.165) is 18.9 Å². The molecular weight excluding hydrogens is 411 g/mol. The van der Waals surface area contributed by atoms with Gasteiger partial charge < -0.3 is 22.4 Å². The van der Waals surface area contributed by atoms with E-state index in [1.807, 2.05) is 13.8 Å². The van der Waals surface area contributed by atoms with E-state index in [4.69, 9.17) is 17.1 Å². The van der Waals surface area contributed by atoms with Gasteiger partial charge in [0.1, 0.15) is 6.10 Å². The van der Waals surface area contributed by atoms with Crippen molar-refractivity contribution in [3.05, 3.63) is 0 Å². The maximum absolute atomic E-state index is 11.8. The monoisotopic (exact) mass is 453 g/mol. The fourth-order valence-electron chi connectivity index (χ4n) is 2.42. The molecule has 27 heavy (non-hydrogen) atoms. The zero-order valence-corrected chi connectivity index (χ0v) is 23.4. The van der Waals surface area contributed by atoms with Crippen LogP contribution in [-0.4, -0.2) is 52.5 Å². The van der Waals surface area contributed by atoms with E-state index in [0.29, 0.717) is 6.54 Å². The molecule has 0 saturated heterocycles. The first-order valence-corrected chi connectivity index (χ1v) is 22.2. The highest BCUT2D eigenvalue weighted by atomic mass is 28.5. The summed E-state index contributed by atoms with van der Waals surface area (Å²) in [5.74, 6) is 0. The SMILES string of the molecule is CCC(C)OC(=O)NCCC[Si](O[Si](C)(C)C)(O[Si](C)(C)C)O[Si](C)(C)C. The standard InChI is InChI=1S/C17H43NO5Si4/c1-12-16(2)20-17(19)18-14-13-15-27(21-24(3,4)5,22-25(6,7)8)23-26(9,10)11/h16H,12-15H2,1-11H3,(H,18,19). The minimum atomic E-state index is -2.82. The third-order valence-electron chi connectivity index (χ3n) is 3.20. The Bertz CT molecular complexity index is 417. The van der Waals surface area contributed by atoms with E-state index in [2.05, 4.69) is 64.2 Å². The molecule has 1 N–H and O–H groups in total. The molecule has 6 nitrogen and oxygen atoms in total. The predicted octanol–water partition coefficient (Wildman–Crippen LogP) is 5.39. The Morgan fingerprint density at radius 3 is 1.59 bits per heavy atom. The number of ether oxygens (including phenoxy) is 1. The summed E-state index contributed by atoms with van der Waals surface area (Å²) in [6.07, 6.45) is 1.13. The minimum Gasteiger partial charge on any atom is -0.447 e. The summed E-state index contributed by atoms with van der Waals surface area (Å²) in [6, 6.07) is 0.718. The van der Waals surface area contributed by atoms with Crippen LogP contribution in [0, 0.1) is 0 Å². The molecule has 0 fully saturated rings. The van der Waals surface area contributed by atoms with Gasteiger partial charge in [-0.1, -0.05) is 6.92 Å². The number of rotatable bonds is 12. The van der Waals surface area contributed by atoms with Gasteiger partial charge >= 0.3 is 14.9 Å². The summed E-state index contributed by atoms with van der Waals surface area (Å²) in [7, 11) is -8.39. The smallest absolute Gasteiger partial charge is 0.447 e. The first-order valence-electron chi connectivity index (χ1n) is 10.0. The molecule has 0 saturated carbocycles. The van der Waals surface area contributed by atoms with Gasteiger partial charge in [0.25, 0.3) is 0 Å². The third-order valence-corrected chi connectivity index (χ3v) is 15.2. The van der Waals surface area contributed by atoms with Crippen LogP contribution in [0.5, 0.6) is 0 Å². The number of hydrogen-bond donors (Lipinski definition) is 1. The normalized spacial score (nSPS) is 14.8. The Kier molecular flexibility index (Phi) is 10.7. The second-order valence-corrected chi connectivity index (χ2v) is 27.0. The molecule has 1 amide bonds. The zero-order chi connectivity index (χ0) is 21.5. The molecule has 0 radical (unpaired) electrons. The van der Waals surface area contributed by atoms with Crippen molar-refractivity contribution in [3.8, 4) is 0 Å². The van der Waals surface area contributed by atoms with Crippen LogP contribution in [0.25, 0.3) is 0 Å². The molecule has 0 aliphatic heterocycles. The van der Waals surface area contributed by atoms with E-state index in [1.165, 1.54) is 0 Å². The Labute approximate surface area is 171 Å². The lowest BCUT2D eigenvalue weighted by Gasteiger charge is -2.43. The zero-order valence-electron chi connectivity index (χ0n) is 19.4. The van der Waals surface area contributed by atoms with Crippen molar-refractivity contribution in [1.29, 1.82) is 0 Å². The van der Waals surface area contributed by atoms with E-state index in [9.17, 15) is 4.79 Å². The van der Waals surface area contributed by atoms with Crippen LogP contribution in [-0.2, 0) is 17.1 Å². The molecule has 0 aromatic carbocycles. The Hall–Kier alpha value is 0.0175. The van der Waals surface area contributed by atoms with Crippen molar-refractivity contribution < 1.29 is 21.9 Å². The van der Waals surface area contributed by atoms with Crippen LogP contribution in [0.3, 0.4) is 0 Å². The highest BCUT2D eigenvalue weighted by Gasteiger charge is 2.49. The lowest BCUT2D eigenvalue weighted by atomic mass is 10.3. The fraction of sp³-hybridized carbons (Fsp3) is 0.941. The molecule has 0 spiro atoms. The number of carbonyl (C=O) groups is 1. The summed E-state index contributed by atoms with van der Waals surface area (Å²) < 4.78 is 25.1. The average Bonchev–Trinajstić information content (AvgIpc) is 2.37. The van der Waals surface area contributed by atoms with Gasteiger partial charge in [0.15, 0.2) is 25.0 Å². The highest BCUT2D eigenvalue weighted by molar-refractivity contribution is 6.90. The molecule has 1 atom stereocenters. The van der Waals surface area contributed by atoms with Crippen molar-refractivity contribution in [1.82, 2.24) is 5.32 Å². The number of hydrogen-bond acceptors (Lipinski definition) is 5. The van der Waals surface area contributed by atoms with Crippen molar-refractivity contribution >= 4 is 39.8 Å². The van der Waals surface area contributed by atoms with E-state index in [-0.39, 0.29) is 12.2 Å². The molecule has 0 aromatic heterocycles. The van der Waals surface area contributed by atoms with Gasteiger partial charge in [0, 0.05) is 12.6 Å². The van der Waals surface area contributed by atoms with E-state index >= 15 is 0 Å². The molecule has 0 heterocycles. The van der Waals surface area contributed by atoms with Crippen LogP contribution in [0.4, 0.5) is 4.79 Å². The number of nitrogens with one attached hydrogen (secondary N) is 1. The molecule has 162 valence electrons. The number of alkyl carbamates (subject to hydrolysis) is 1. The van der Waals surface area contributed by atoms with Gasteiger partial charge in [0.2, 0.25) is 0 Å². The van der Waals surface area contributed by atoms with Gasteiger partial charge in [-0.2, -0.15) is 0 Å². The predicted molar refractivity (Wildman–Crippen MR) is 123 cm³/mol. The van der Waals surface area contributed by atoms with Crippen molar-refractivity contribution in [2.24, 2.45) is 0 Å². The number of amides is 1. The summed E-state index contributed by atoms with van der Waals surface area (Å²) >= 11 is 0. The lowest BCUT2D eigenvalue weighted by Crippen LogP contribution is -2.60. The summed E-state index contributed by atoms with van der Waals surface area (Å²) in [6.45, 7) is 24.0. The van der Waals surface area contributed by atoms with E-state index in [1.54, 1.807) is 0 Å². The number of carbonyl (C=O) groups excluding carboxylic acids is 1. The maximum Gasteiger partial charge on any atom is 0.469 e. The van der Waals surface area contributed by atoms with Gasteiger partial charge in [-0.3, -0.25) is 0 Å². The van der Waals surface area contributed by atoms with Gasteiger partial charge in [-0.25, -0.2) is 4.79 Å². The first kappa shape index (κ1) is 27.0. The average molecular weight is 454 g/mol. The molecule has 0 aromatic rings. The maximum atomic E-state index is 11.8. The summed E-state index contributed by atoms with van der Waals surface area (Å²) in [4.78, 5) is 11.8. The quantitative estimate of drug-likeness (QED) is 0.317. The molecule has 0 bridgehead atoms. The Morgan fingerprint density at radius 2 is 1.26 bits per heavy atom. The van der Waals surface area contributed by atoms with Crippen LogP contribution < -0.4 is 5.32 Å². The first-order chi connectivity index (χ1) is 12.0. The topological polar surface area (TPSA) is 66.0 Å². The summed E-state index contributed by atoms with van der Waals surface area (Å²) in [5.41, 5.74) is 0. The van der Waals surface area contributed by atoms with Gasteiger partial charge in [0.05, 0.1) is 0 Å². The van der Waals surface area contributed by atoms with Crippen LogP contribution in [0.2, 0.25) is 65.0 Å². The molecule has 10 heteroatoms. The molecular formula is C17H43NO5Si4. The molecule has 1 unspecified atom stereocenters. The molecule has 0 aliphatic rings. The molecule has 0 aliphatic carbocycles. The largest absolute Gasteiger partial charge is 0.469 e. The molecule has 0 rings (SSSR count). The van der Waals surface area contributed by atoms with E-state index < -0.39 is 33.8 Å². The Balaban J connectivity index is 5.13. The van der Waals surface area contributed by atoms with Crippen molar-refractivity contribution in [2.45, 2.75) is 97.8 Å². The fourth-order valence-corrected chi connectivity index (χ4v) is 17.1. The second-order valence-electron chi connectivity index (χ2n) is 9.98. The van der Waals surface area contributed by atoms with Crippen LogP contribution in [0.1, 0.15) is 26.7 Å². The van der Waals surface area contributed by atoms with Gasteiger partial charge in [-0.15, -0.1) is 0 Å². The van der Waals surface area contributed by atoms with Gasteiger partial charge in [-0.05, 0) is 78.7 Å². The van der Waals surface area contributed by atoms with Crippen LogP contribution >= 0.6 is 0 Å². The Morgan fingerprint density at radius 1 is 0.852 bits per heavy atom. The van der Waals surface area contributed by atoms with Crippen LogP contribution in [0.15, 0.2) is 0 Å². The highest BCUT2D eigenvalue weighted by Crippen LogP contribution is 2.29. The summed E-state index contributed by atoms with van der Waals surface area (Å²) in [5, 5.41) is 2.84. The van der Waals surface area contributed by atoms with Crippen molar-refractivity contribution in [2.75, 3.05) is 6.54 Å². The second kappa shape index (κ2) is 10.7. The minimum absolute atomic E-state index is 0.0702.